The quantitative estimate of drug-likeness (QED) is 0.652. The van der Waals surface area contributed by atoms with E-state index in [1.165, 1.54) is 44.1 Å². The number of halogens is 2. The molecule has 0 bridgehead atoms. The summed E-state index contributed by atoms with van der Waals surface area (Å²) < 4.78 is 0. The Morgan fingerprint density at radius 3 is 2.33 bits per heavy atom. The zero-order valence-electron chi connectivity index (χ0n) is 10.6. The third kappa shape index (κ3) is 4.33. The molecule has 0 unspecified atom stereocenters. The number of allylic oxidation sites excluding steroid dienone is 1. The second-order valence-electron chi connectivity index (χ2n) is 5.26. The molecule has 0 amide bonds. The Hall–Kier alpha value is -0.460. The molecule has 0 radical (unpaired) electrons. The Kier molecular flexibility index (Phi) is 5.59. The molecular weight excluding hydrogens is 263 g/mol. The molecule has 18 heavy (non-hydrogen) atoms. The first-order valence-corrected chi connectivity index (χ1v) is 7.60. The van der Waals surface area contributed by atoms with Gasteiger partial charge in [0.15, 0.2) is 0 Å². The van der Waals surface area contributed by atoms with E-state index in [-0.39, 0.29) is 0 Å². The summed E-state index contributed by atoms with van der Waals surface area (Å²) in [5.41, 5.74) is 3.08. The van der Waals surface area contributed by atoms with Crippen molar-refractivity contribution in [1.29, 1.82) is 0 Å². The molecular formula is C16H20Cl2. The number of rotatable bonds is 4. The van der Waals surface area contributed by atoms with Crippen molar-refractivity contribution in [2.75, 3.05) is 0 Å². The predicted molar refractivity (Wildman–Crippen MR) is 80.2 cm³/mol. The van der Waals surface area contributed by atoms with Crippen LogP contribution in [0.15, 0.2) is 35.9 Å². The Balaban J connectivity index is 1.73. The molecule has 0 saturated heterocycles. The monoisotopic (exact) mass is 282 g/mol. The molecule has 1 aliphatic carbocycles. The lowest BCUT2D eigenvalue weighted by Crippen LogP contribution is -2.13. The van der Waals surface area contributed by atoms with E-state index in [9.17, 15) is 0 Å². The van der Waals surface area contributed by atoms with Crippen molar-refractivity contribution in [2.45, 2.75) is 38.5 Å². The summed E-state index contributed by atoms with van der Waals surface area (Å²) in [6.07, 6.45) is 9.93. The van der Waals surface area contributed by atoms with Gasteiger partial charge in [0, 0.05) is 10.6 Å². The SMILES string of the molecule is Cl/C=C/[C@H]1CC[C@H](CCc2ccc(Cl)cc2)CC1. The number of hydrogen-bond acceptors (Lipinski definition) is 0. The molecule has 0 heterocycles. The van der Waals surface area contributed by atoms with Gasteiger partial charge < -0.3 is 0 Å². The molecule has 2 rings (SSSR count). The first kappa shape index (κ1) is 14.0. The minimum atomic E-state index is 0.717. The largest absolute Gasteiger partial charge is 0.0933 e. The van der Waals surface area contributed by atoms with Crippen LogP contribution in [0, 0.1) is 11.8 Å². The van der Waals surface area contributed by atoms with Crippen molar-refractivity contribution in [3.63, 3.8) is 0 Å². The molecule has 1 saturated carbocycles. The molecule has 1 aromatic carbocycles. The smallest absolute Gasteiger partial charge is 0.0406 e. The van der Waals surface area contributed by atoms with Gasteiger partial charge in [0.2, 0.25) is 0 Å². The third-order valence-corrected chi connectivity index (χ3v) is 4.39. The Morgan fingerprint density at radius 2 is 1.72 bits per heavy atom. The maximum atomic E-state index is 5.89. The molecule has 0 nitrogen and oxygen atoms in total. The van der Waals surface area contributed by atoms with Gasteiger partial charge >= 0.3 is 0 Å². The zero-order valence-corrected chi connectivity index (χ0v) is 12.1. The van der Waals surface area contributed by atoms with Gasteiger partial charge in [0.1, 0.15) is 0 Å². The van der Waals surface area contributed by atoms with Crippen molar-refractivity contribution in [1.82, 2.24) is 0 Å². The Bertz CT molecular complexity index is 373. The average Bonchev–Trinajstić information content (AvgIpc) is 2.40. The van der Waals surface area contributed by atoms with Crippen LogP contribution in [0.1, 0.15) is 37.7 Å². The highest BCUT2D eigenvalue weighted by atomic mass is 35.5. The highest BCUT2D eigenvalue weighted by Gasteiger charge is 2.19. The molecule has 2 heteroatoms. The first-order chi connectivity index (χ1) is 8.78. The summed E-state index contributed by atoms with van der Waals surface area (Å²) in [4.78, 5) is 0. The normalized spacial score (nSPS) is 24.6. The second kappa shape index (κ2) is 7.21. The second-order valence-corrected chi connectivity index (χ2v) is 5.95. The summed E-state index contributed by atoms with van der Waals surface area (Å²) in [6, 6.07) is 8.26. The fourth-order valence-corrected chi connectivity index (χ4v) is 3.13. The minimum absolute atomic E-state index is 0.717. The van der Waals surface area contributed by atoms with Crippen LogP contribution >= 0.6 is 23.2 Å². The van der Waals surface area contributed by atoms with Crippen LogP contribution in [-0.4, -0.2) is 0 Å². The Labute approximate surface area is 120 Å². The zero-order chi connectivity index (χ0) is 12.8. The minimum Gasteiger partial charge on any atom is -0.0933 e. The number of aryl methyl sites for hydroxylation is 1. The highest BCUT2D eigenvalue weighted by Crippen LogP contribution is 2.32. The van der Waals surface area contributed by atoms with Gasteiger partial charge in [-0.25, -0.2) is 0 Å². The predicted octanol–water partition coefficient (Wildman–Crippen LogP) is 5.83. The van der Waals surface area contributed by atoms with Gasteiger partial charge in [-0.15, -0.1) is 0 Å². The van der Waals surface area contributed by atoms with E-state index in [4.69, 9.17) is 23.2 Å². The van der Waals surface area contributed by atoms with Gasteiger partial charge in [-0.3, -0.25) is 0 Å². The summed E-state index contributed by atoms with van der Waals surface area (Å²) in [6.45, 7) is 0. The van der Waals surface area contributed by atoms with Crippen LogP contribution in [0.5, 0.6) is 0 Å². The standard InChI is InChI=1S/C16H20Cl2/c17-12-11-15-5-3-13(4-6-15)1-2-14-7-9-16(18)10-8-14/h7-13,15H,1-6H2/b12-11+/t13-,15-. The molecule has 1 aromatic rings. The lowest BCUT2D eigenvalue weighted by atomic mass is 9.79. The molecule has 0 atom stereocenters. The molecule has 98 valence electrons. The van der Waals surface area contributed by atoms with Crippen LogP contribution in [0.2, 0.25) is 5.02 Å². The first-order valence-electron chi connectivity index (χ1n) is 6.79. The maximum absolute atomic E-state index is 5.89. The van der Waals surface area contributed by atoms with Crippen molar-refractivity contribution >= 4 is 23.2 Å². The van der Waals surface area contributed by atoms with Crippen LogP contribution in [0.3, 0.4) is 0 Å². The fourth-order valence-electron chi connectivity index (χ4n) is 2.79. The number of benzene rings is 1. The fraction of sp³-hybridized carbons (Fsp3) is 0.500. The van der Waals surface area contributed by atoms with Crippen LogP contribution in [0.25, 0.3) is 0 Å². The van der Waals surface area contributed by atoms with Crippen molar-refractivity contribution in [2.24, 2.45) is 11.8 Å². The summed E-state index contributed by atoms with van der Waals surface area (Å²) in [5.74, 6) is 1.61. The van der Waals surface area contributed by atoms with Gasteiger partial charge in [-0.2, -0.15) is 0 Å². The highest BCUT2D eigenvalue weighted by molar-refractivity contribution is 6.30. The van der Waals surface area contributed by atoms with Crippen molar-refractivity contribution < 1.29 is 0 Å². The van der Waals surface area contributed by atoms with Crippen LogP contribution in [-0.2, 0) is 6.42 Å². The van der Waals surface area contributed by atoms with E-state index in [0.717, 1.165) is 10.9 Å². The summed E-state index contributed by atoms with van der Waals surface area (Å²) in [5, 5.41) is 0.826. The van der Waals surface area contributed by atoms with E-state index >= 15 is 0 Å². The van der Waals surface area contributed by atoms with Gasteiger partial charge in [0.05, 0.1) is 0 Å². The van der Waals surface area contributed by atoms with E-state index in [2.05, 4.69) is 18.2 Å². The molecule has 1 aliphatic rings. The molecule has 0 spiro atoms. The van der Waals surface area contributed by atoms with E-state index in [0.29, 0.717) is 5.92 Å². The van der Waals surface area contributed by atoms with E-state index in [1.807, 2.05) is 12.1 Å². The molecule has 1 fully saturated rings. The lowest BCUT2D eigenvalue weighted by Gasteiger charge is -2.26. The van der Waals surface area contributed by atoms with Crippen LogP contribution < -0.4 is 0 Å². The van der Waals surface area contributed by atoms with E-state index in [1.54, 1.807) is 5.54 Å². The molecule has 0 aliphatic heterocycles. The maximum Gasteiger partial charge on any atom is 0.0406 e. The van der Waals surface area contributed by atoms with Gasteiger partial charge in [0.25, 0.3) is 0 Å². The van der Waals surface area contributed by atoms with Crippen molar-refractivity contribution in [3.8, 4) is 0 Å². The number of hydrogen-bond donors (Lipinski definition) is 0. The van der Waals surface area contributed by atoms with Crippen molar-refractivity contribution in [3.05, 3.63) is 46.5 Å². The van der Waals surface area contributed by atoms with Gasteiger partial charge in [-0.1, -0.05) is 41.4 Å². The summed E-state index contributed by atoms with van der Waals surface area (Å²) in [7, 11) is 0. The third-order valence-electron chi connectivity index (χ3n) is 3.99. The summed E-state index contributed by atoms with van der Waals surface area (Å²) >= 11 is 11.5. The lowest BCUT2D eigenvalue weighted by molar-refractivity contribution is 0.296. The molecule has 0 aromatic heterocycles. The molecule has 0 N–H and O–H groups in total. The van der Waals surface area contributed by atoms with Gasteiger partial charge in [-0.05, 0) is 68.1 Å². The topological polar surface area (TPSA) is 0 Å². The van der Waals surface area contributed by atoms with Crippen LogP contribution in [0.4, 0.5) is 0 Å². The van der Waals surface area contributed by atoms with E-state index < -0.39 is 0 Å². The Morgan fingerprint density at radius 1 is 1.06 bits per heavy atom. The average molecular weight is 283 g/mol.